The van der Waals surface area contributed by atoms with Crippen molar-refractivity contribution in [1.29, 1.82) is 0 Å². The molecule has 0 spiro atoms. The molecular weight excluding hydrogens is 717 g/mol. The van der Waals surface area contributed by atoms with Crippen LogP contribution in [0.2, 0.25) is 0 Å². The number of fused-ring (bicyclic) bond motifs is 9. The zero-order chi connectivity index (χ0) is 38.9. The van der Waals surface area contributed by atoms with E-state index in [0.717, 1.165) is 55.6 Å². The fourth-order valence-corrected chi connectivity index (χ4v) is 9.21. The smallest absolute Gasteiger partial charge is 0.136 e. The third kappa shape index (κ3) is 5.44. The summed E-state index contributed by atoms with van der Waals surface area (Å²) >= 11 is 0. The van der Waals surface area contributed by atoms with E-state index in [1.54, 1.807) is 0 Å². The van der Waals surface area contributed by atoms with E-state index < -0.39 is 0 Å². The van der Waals surface area contributed by atoms with Gasteiger partial charge in [-0.25, -0.2) is 0 Å². The topological polar surface area (TPSA) is 21.3 Å². The van der Waals surface area contributed by atoms with Crippen LogP contribution in [0.5, 0.6) is 0 Å². The highest BCUT2D eigenvalue weighted by Gasteiger charge is 2.20. The number of nitrogens with zero attached hydrogens (tertiary/aromatic N) is 2. The Labute approximate surface area is 341 Å². The molecule has 0 saturated heterocycles. The van der Waals surface area contributed by atoms with Gasteiger partial charge >= 0.3 is 0 Å². The van der Waals surface area contributed by atoms with Gasteiger partial charge in [0.1, 0.15) is 11.2 Å². The summed E-state index contributed by atoms with van der Waals surface area (Å²) in [5, 5.41) is 9.52. The molecule has 0 radical (unpaired) electrons. The van der Waals surface area contributed by atoms with Crippen molar-refractivity contribution in [1.82, 2.24) is 4.57 Å². The Morgan fingerprint density at radius 1 is 0.339 bits per heavy atom. The summed E-state index contributed by atoms with van der Waals surface area (Å²) in [7, 11) is 0. The number of rotatable bonds is 6. The van der Waals surface area contributed by atoms with E-state index in [-0.39, 0.29) is 0 Å². The van der Waals surface area contributed by atoms with Crippen LogP contribution in [0.1, 0.15) is 0 Å². The number of anilines is 3. The van der Waals surface area contributed by atoms with Crippen molar-refractivity contribution in [3.63, 3.8) is 0 Å². The van der Waals surface area contributed by atoms with Gasteiger partial charge in [0.2, 0.25) is 0 Å². The standard InChI is InChI=1S/C56H36N2O/c1-3-13-37(14-4-1)46-18-9-10-19-47(46)39-23-27-43(28-24-39)58-52-32-30-45(36-51(52)56-48-20-8-7-15-38(48)26-31-53(56)58)57(42-16-5-2-6-17-42)44-29-25-40-34-50-49-21-11-12-22-54(49)59-55(50)35-41(40)33-44/h1-36H. The molecule has 0 aliphatic carbocycles. The minimum Gasteiger partial charge on any atom is -0.456 e. The van der Waals surface area contributed by atoms with Crippen molar-refractivity contribution in [3.05, 3.63) is 218 Å². The number of aromatic nitrogens is 1. The monoisotopic (exact) mass is 752 g/mol. The summed E-state index contributed by atoms with van der Waals surface area (Å²) in [6.07, 6.45) is 0. The van der Waals surface area contributed by atoms with E-state index in [4.69, 9.17) is 4.42 Å². The average molecular weight is 753 g/mol. The third-order valence-corrected chi connectivity index (χ3v) is 11.9. The second kappa shape index (κ2) is 13.4. The predicted octanol–water partition coefficient (Wildman–Crippen LogP) is 15.8. The highest BCUT2D eigenvalue weighted by molar-refractivity contribution is 6.22. The highest BCUT2D eigenvalue weighted by atomic mass is 16.3. The number of hydrogen-bond acceptors (Lipinski definition) is 2. The first-order chi connectivity index (χ1) is 29.2. The largest absolute Gasteiger partial charge is 0.456 e. The molecule has 2 heterocycles. The Morgan fingerprint density at radius 2 is 0.966 bits per heavy atom. The summed E-state index contributed by atoms with van der Waals surface area (Å²) in [6.45, 7) is 0. The van der Waals surface area contributed by atoms with Crippen LogP contribution in [-0.2, 0) is 0 Å². The molecular formula is C56H36N2O. The van der Waals surface area contributed by atoms with Gasteiger partial charge in [-0.05, 0) is 123 Å². The van der Waals surface area contributed by atoms with E-state index in [1.807, 2.05) is 12.1 Å². The molecule has 0 amide bonds. The summed E-state index contributed by atoms with van der Waals surface area (Å²) in [6, 6.07) is 78.8. The first-order valence-corrected chi connectivity index (χ1v) is 20.2. The maximum absolute atomic E-state index is 6.33. The van der Waals surface area contributed by atoms with Gasteiger partial charge in [0.05, 0.1) is 11.0 Å². The molecule has 0 fully saturated rings. The van der Waals surface area contributed by atoms with Crippen LogP contribution in [-0.4, -0.2) is 4.57 Å². The average Bonchev–Trinajstić information content (AvgIpc) is 3.84. The minimum absolute atomic E-state index is 0.900. The van der Waals surface area contributed by atoms with E-state index in [9.17, 15) is 0 Å². The fourth-order valence-electron chi connectivity index (χ4n) is 9.21. The molecule has 0 N–H and O–H groups in total. The first-order valence-electron chi connectivity index (χ1n) is 20.2. The van der Waals surface area contributed by atoms with Crippen molar-refractivity contribution in [2.24, 2.45) is 0 Å². The van der Waals surface area contributed by atoms with Crippen molar-refractivity contribution >= 4 is 82.4 Å². The quantitative estimate of drug-likeness (QED) is 0.169. The molecule has 0 aliphatic heterocycles. The van der Waals surface area contributed by atoms with E-state index >= 15 is 0 Å². The van der Waals surface area contributed by atoms with Gasteiger partial charge in [-0.3, -0.25) is 0 Å². The van der Waals surface area contributed by atoms with Gasteiger partial charge in [0.25, 0.3) is 0 Å². The van der Waals surface area contributed by atoms with Crippen molar-refractivity contribution < 1.29 is 4.42 Å². The minimum atomic E-state index is 0.900. The second-order valence-corrected chi connectivity index (χ2v) is 15.3. The lowest BCUT2D eigenvalue weighted by Crippen LogP contribution is -2.09. The fraction of sp³-hybridized carbons (Fsp3) is 0. The molecule has 12 rings (SSSR count). The molecule has 0 bridgehead atoms. The Bertz CT molecular complexity index is 3540. The van der Waals surface area contributed by atoms with Gasteiger partial charge < -0.3 is 13.9 Å². The van der Waals surface area contributed by atoms with Crippen LogP contribution in [0.3, 0.4) is 0 Å². The van der Waals surface area contributed by atoms with Crippen LogP contribution in [0, 0.1) is 0 Å². The molecule has 276 valence electrons. The van der Waals surface area contributed by atoms with Gasteiger partial charge in [-0.2, -0.15) is 0 Å². The van der Waals surface area contributed by atoms with Gasteiger partial charge in [0, 0.05) is 44.3 Å². The molecule has 2 aromatic heterocycles. The summed E-state index contributed by atoms with van der Waals surface area (Å²) in [5.74, 6) is 0. The lowest BCUT2D eigenvalue weighted by molar-refractivity contribution is 0.669. The van der Waals surface area contributed by atoms with E-state index in [0.29, 0.717) is 0 Å². The predicted molar refractivity (Wildman–Crippen MR) is 249 cm³/mol. The van der Waals surface area contributed by atoms with Crippen LogP contribution in [0.25, 0.3) is 93.2 Å². The SMILES string of the molecule is c1ccc(-c2ccccc2-c2ccc(-n3c4ccc(N(c5ccccc5)c5ccc6cc7c(cc6c5)oc5ccccc57)cc4c4c5ccccc5ccc43)cc2)cc1. The van der Waals surface area contributed by atoms with Gasteiger partial charge in [0.15, 0.2) is 0 Å². The molecule has 10 aromatic carbocycles. The molecule has 0 unspecified atom stereocenters. The van der Waals surface area contributed by atoms with E-state index in [1.165, 1.54) is 54.7 Å². The van der Waals surface area contributed by atoms with Gasteiger partial charge in [-0.1, -0.05) is 140 Å². The maximum Gasteiger partial charge on any atom is 0.136 e. The molecule has 12 aromatic rings. The molecule has 0 saturated carbocycles. The molecule has 3 nitrogen and oxygen atoms in total. The number of hydrogen-bond donors (Lipinski definition) is 0. The lowest BCUT2D eigenvalue weighted by atomic mass is 9.94. The van der Waals surface area contributed by atoms with Crippen molar-refractivity contribution in [2.45, 2.75) is 0 Å². The molecule has 0 aliphatic rings. The summed E-state index contributed by atoms with van der Waals surface area (Å²) in [4.78, 5) is 2.37. The second-order valence-electron chi connectivity index (χ2n) is 15.3. The molecule has 59 heavy (non-hydrogen) atoms. The molecule has 3 heteroatoms. The van der Waals surface area contributed by atoms with Crippen LogP contribution in [0.15, 0.2) is 223 Å². The normalized spacial score (nSPS) is 11.7. The van der Waals surface area contributed by atoms with Crippen LogP contribution in [0.4, 0.5) is 17.1 Å². The lowest BCUT2D eigenvalue weighted by Gasteiger charge is -2.26. The Kier molecular flexibility index (Phi) is 7.54. The first kappa shape index (κ1) is 33.3. The van der Waals surface area contributed by atoms with Crippen molar-refractivity contribution in [2.75, 3.05) is 4.90 Å². The Morgan fingerprint density at radius 3 is 1.78 bits per heavy atom. The number of para-hydroxylation sites is 2. The Balaban J connectivity index is 1.03. The van der Waals surface area contributed by atoms with Gasteiger partial charge in [-0.15, -0.1) is 0 Å². The zero-order valence-corrected chi connectivity index (χ0v) is 32.1. The highest BCUT2D eigenvalue weighted by Crippen LogP contribution is 2.43. The van der Waals surface area contributed by atoms with Crippen molar-refractivity contribution in [3.8, 4) is 27.9 Å². The number of benzene rings is 10. The van der Waals surface area contributed by atoms with E-state index in [2.05, 4.69) is 216 Å². The zero-order valence-electron chi connectivity index (χ0n) is 32.1. The number of furan rings is 1. The summed E-state index contributed by atoms with van der Waals surface area (Å²) < 4.78 is 8.76. The van der Waals surface area contributed by atoms with Crippen LogP contribution >= 0.6 is 0 Å². The molecule has 0 atom stereocenters. The maximum atomic E-state index is 6.33. The third-order valence-electron chi connectivity index (χ3n) is 11.9. The van der Waals surface area contributed by atoms with Crippen LogP contribution < -0.4 is 4.90 Å². The summed E-state index contributed by atoms with van der Waals surface area (Å²) in [5.41, 5.74) is 13.4. The Hall–Kier alpha value is -7.88.